The van der Waals surface area contributed by atoms with Crippen LogP contribution in [0.1, 0.15) is 36.6 Å². The van der Waals surface area contributed by atoms with Crippen molar-refractivity contribution in [3.63, 3.8) is 0 Å². The molecule has 0 spiro atoms. The monoisotopic (exact) mass is 381 g/mol. The predicted octanol–water partition coefficient (Wildman–Crippen LogP) is 3.54. The van der Waals surface area contributed by atoms with Crippen LogP contribution in [-0.2, 0) is 10.1 Å². The average molecular weight is 382 g/mol. The van der Waals surface area contributed by atoms with Crippen LogP contribution in [0.25, 0.3) is 12.2 Å². The van der Waals surface area contributed by atoms with Gasteiger partial charge in [-0.1, -0.05) is 43.2 Å². The number of halogens is 1. The van der Waals surface area contributed by atoms with Crippen molar-refractivity contribution in [1.82, 2.24) is 4.73 Å². The van der Waals surface area contributed by atoms with Crippen LogP contribution in [-0.4, -0.2) is 18.9 Å². The lowest BCUT2D eigenvalue weighted by Crippen LogP contribution is -2.33. The molecule has 0 saturated heterocycles. The molecule has 1 aromatic carbocycles. The van der Waals surface area contributed by atoms with Crippen molar-refractivity contribution in [3.8, 4) is 0 Å². The Morgan fingerprint density at radius 2 is 1.84 bits per heavy atom. The highest BCUT2D eigenvalue weighted by Crippen LogP contribution is 2.13. The van der Waals surface area contributed by atoms with Crippen LogP contribution in [0, 0.1) is 6.92 Å². The van der Waals surface area contributed by atoms with Gasteiger partial charge in [0.15, 0.2) is 0 Å². The maximum atomic E-state index is 12.2. The predicted molar refractivity (Wildman–Crippen MR) is 101 cm³/mol. The number of pyridine rings is 1. The van der Waals surface area contributed by atoms with Crippen LogP contribution < -0.4 is 9.84 Å². The summed E-state index contributed by atoms with van der Waals surface area (Å²) in [5.74, 6) is -0.135. The quantitative estimate of drug-likeness (QED) is 0.735. The molecule has 0 unspecified atom stereocenters. The van der Waals surface area contributed by atoms with Gasteiger partial charge in [-0.3, -0.25) is 9.08 Å². The lowest BCUT2D eigenvalue weighted by molar-refractivity contribution is 0.264. The Morgan fingerprint density at radius 1 is 1.16 bits per heavy atom. The van der Waals surface area contributed by atoms with Crippen molar-refractivity contribution in [2.75, 3.05) is 5.75 Å². The van der Waals surface area contributed by atoms with Crippen LogP contribution in [0.3, 0.4) is 0 Å². The first-order valence-electron chi connectivity index (χ1n) is 7.91. The molecule has 0 aliphatic rings. The molecular formula is C18H20ClNO4S. The SMILES string of the molecule is CCCCS(=O)(=O)On1c(/C=C/c2ccc(Cl)cc2)cc(C)cc1=O. The van der Waals surface area contributed by atoms with Gasteiger partial charge in [-0.05, 0) is 48.7 Å². The molecule has 0 N–H and O–H groups in total. The van der Waals surface area contributed by atoms with Gasteiger partial charge in [-0.25, -0.2) is 0 Å². The van der Waals surface area contributed by atoms with E-state index in [1.54, 1.807) is 37.3 Å². The fourth-order valence-corrected chi connectivity index (χ4v) is 3.37. The molecule has 0 aliphatic carbocycles. The van der Waals surface area contributed by atoms with Crippen LogP contribution in [0.4, 0.5) is 0 Å². The van der Waals surface area contributed by atoms with Gasteiger partial charge < -0.3 is 0 Å². The number of nitrogens with zero attached hydrogens (tertiary/aromatic N) is 1. The smallest absolute Gasteiger partial charge is 0.284 e. The molecule has 0 aliphatic heterocycles. The number of aromatic nitrogens is 1. The molecule has 0 saturated carbocycles. The molecule has 134 valence electrons. The van der Waals surface area contributed by atoms with E-state index >= 15 is 0 Å². The molecule has 0 fully saturated rings. The summed E-state index contributed by atoms with van der Waals surface area (Å²) < 4.78 is 29.9. The van der Waals surface area contributed by atoms with Gasteiger partial charge in [0.2, 0.25) is 0 Å². The third-order valence-electron chi connectivity index (χ3n) is 3.41. The van der Waals surface area contributed by atoms with E-state index in [1.807, 2.05) is 19.1 Å². The second-order valence-corrected chi connectivity index (χ2v) is 7.77. The van der Waals surface area contributed by atoms with Gasteiger partial charge in [0, 0.05) is 11.1 Å². The summed E-state index contributed by atoms with van der Waals surface area (Å²) in [6.45, 7) is 3.64. The Labute approximate surface area is 152 Å². The Morgan fingerprint density at radius 3 is 2.48 bits per heavy atom. The summed E-state index contributed by atoms with van der Waals surface area (Å²) in [5, 5.41) is 0.620. The molecule has 5 nitrogen and oxygen atoms in total. The molecule has 1 aromatic heterocycles. The Balaban J connectivity index is 2.37. The number of hydrogen-bond donors (Lipinski definition) is 0. The van der Waals surface area contributed by atoms with Gasteiger partial charge in [0.1, 0.15) is 0 Å². The zero-order chi connectivity index (χ0) is 18.4. The van der Waals surface area contributed by atoms with E-state index < -0.39 is 15.7 Å². The second-order valence-electron chi connectivity index (χ2n) is 5.66. The molecule has 0 amide bonds. The van der Waals surface area contributed by atoms with Gasteiger partial charge in [0.25, 0.3) is 5.56 Å². The minimum absolute atomic E-state index is 0.135. The number of unbranched alkanes of at least 4 members (excludes halogenated alkanes) is 1. The summed E-state index contributed by atoms with van der Waals surface area (Å²) in [5.41, 5.74) is 1.39. The van der Waals surface area contributed by atoms with Gasteiger partial charge >= 0.3 is 10.1 Å². The van der Waals surface area contributed by atoms with E-state index in [9.17, 15) is 13.2 Å². The van der Waals surface area contributed by atoms with E-state index in [-0.39, 0.29) is 5.75 Å². The molecular weight excluding hydrogens is 362 g/mol. The fraction of sp³-hybridized carbons (Fsp3) is 0.278. The highest BCUT2D eigenvalue weighted by Gasteiger charge is 2.15. The highest BCUT2D eigenvalue weighted by atomic mass is 35.5. The molecule has 1 heterocycles. The summed E-state index contributed by atoms with van der Waals surface area (Å²) in [6, 6.07) is 10.1. The van der Waals surface area contributed by atoms with Crippen LogP contribution in [0.15, 0.2) is 41.2 Å². The van der Waals surface area contributed by atoms with Gasteiger partial charge in [0.05, 0.1) is 11.4 Å². The Kier molecular flexibility index (Phi) is 6.45. The lowest BCUT2D eigenvalue weighted by atomic mass is 10.2. The van der Waals surface area contributed by atoms with E-state index in [0.717, 1.165) is 10.3 Å². The first kappa shape index (κ1) is 19.3. The molecule has 0 atom stereocenters. The molecule has 25 heavy (non-hydrogen) atoms. The molecule has 2 rings (SSSR count). The van der Waals surface area contributed by atoms with Crippen molar-refractivity contribution in [3.05, 3.63) is 68.6 Å². The third-order valence-corrected chi connectivity index (χ3v) is 4.83. The van der Waals surface area contributed by atoms with Crippen molar-refractivity contribution in [2.45, 2.75) is 26.7 Å². The fourth-order valence-electron chi connectivity index (χ4n) is 2.14. The standard InChI is InChI=1S/C18H20ClNO4S/c1-3-4-11-25(22,23)24-20-17(12-14(2)13-18(20)21)10-7-15-5-8-16(19)9-6-15/h5-10,12-13H,3-4,11H2,1-2H3/b10-7+. The minimum Gasteiger partial charge on any atom is -0.284 e. The summed E-state index contributed by atoms with van der Waals surface area (Å²) in [4.78, 5) is 12.2. The minimum atomic E-state index is -3.83. The van der Waals surface area contributed by atoms with Crippen LogP contribution in [0.5, 0.6) is 0 Å². The summed E-state index contributed by atoms with van der Waals surface area (Å²) >= 11 is 5.85. The zero-order valence-corrected chi connectivity index (χ0v) is 15.7. The van der Waals surface area contributed by atoms with E-state index in [2.05, 4.69) is 0 Å². The topological polar surface area (TPSA) is 65.4 Å². The summed E-state index contributed by atoms with van der Waals surface area (Å²) in [7, 11) is -3.83. The van der Waals surface area contributed by atoms with Gasteiger partial charge in [-0.15, -0.1) is 4.73 Å². The average Bonchev–Trinajstić information content (AvgIpc) is 2.55. The Hall–Kier alpha value is -2.05. The number of rotatable bonds is 7. The normalized spacial score (nSPS) is 11.8. The first-order chi connectivity index (χ1) is 11.8. The van der Waals surface area contributed by atoms with Crippen LogP contribution in [0.2, 0.25) is 5.02 Å². The van der Waals surface area contributed by atoms with Crippen molar-refractivity contribution < 1.29 is 12.7 Å². The molecule has 0 radical (unpaired) electrons. The molecule has 2 aromatic rings. The Bertz CT molecular complexity index is 915. The third kappa shape index (κ3) is 5.76. The highest BCUT2D eigenvalue weighted by molar-refractivity contribution is 7.86. The second kappa shape index (κ2) is 8.36. The lowest BCUT2D eigenvalue weighted by Gasteiger charge is -2.11. The maximum absolute atomic E-state index is 12.2. The zero-order valence-electron chi connectivity index (χ0n) is 14.1. The largest absolute Gasteiger partial charge is 0.327 e. The van der Waals surface area contributed by atoms with Crippen LogP contribution >= 0.6 is 11.6 Å². The van der Waals surface area contributed by atoms with Crippen molar-refractivity contribution >= 4 is 33.9 Å². The molecule has 0 bridgehead atoms. The van der Waals surface area contributed by atoms with Crippen molar-refractivity contribution in [2.24, 2.45) is 0 Å². The van der Waals surface area contributed by atoms with E-state index in [4.69, 9.17) is 15.9 Å². The number of benzene rings is 1. The van der Waals surface area contributed by atoms with E-state index in [1.165, 1.54) is 6.07 Å². The van der Waals surface area contributed by atoms with Crippen molar-refractivity contribution in [1.29, 1.82) is 0 Å². The summed E-state index contributed by atoms with van der Waals surface area (Å²) in [6.07, 6.45) is 4.57. The molecule has 7 heteroatoms. The first-order valence-corrected chi connectivity index (χ1v) is 9.86. The maximum Gasteiger partial charge on any atom is 0.327 e. The van der Waals surface area contributed by atoms with Gasteiger partial charge in [-0.2, -0.15) is 8.42 Å². The number of hydrogen-bond acceptors (Lipinski definition) is 4. The van der Waals surface area contributed by atoms with E-state index in [0.29, 0.717) is 29.1 Å². The number of aryl methyl sites for hydroxylation is 1.